The Bertz CT molecular complexity index is 238. The summed E-state index contributed by atoms with van der Waals surface area (Å²) in [5.41, 5.74) is 0. The SMILES string of the molecule is COC(=O)CCC(CC(C)=O)[N+](=O)[O-]. The monoisotopic (exact) mass is 203 g/mol. The van der Waals surface area contributed by atoms with Crippen molar-refractivity contribution in [1.82, 2.24) is 0 Å². The van der Waals surface area contributed by atoms with Gasteiger partial charge in [0.2, 0.25) is 6.04 Å². The molecule has 0 amide bonds. The number of rotatable bonds is 6. The molecule has 0 saturated carbocycles. The van der Waals surface area contributed by atoms with Crippen LogP contribution in [0, 0.1) is 10.1 Å². The Balaban J connectivity index is 4.04. The highest BCUT2D eigenvalue weighted by Crippen LogP contribution is 2.07. The van der Waals surface area contributed by atoms with Gasteiger partial charge >= 0.3 is 5.97 Å². The molecular formula is C8H13NO5. The van der Waals surface area contributed by atoms with Gasteiger partial charge in [-0.1, -0.05) is 0 Å². The molecule has 6 nitrogen and oxygen atoms in total. The summed E-state index contributed by atoms with van der Waals surface area (Å²) in [4.78, 5) is 31.2. The van der Waals surface area contributed by atoms with Gasteiger partial charge in [0.15, 0.2) is 0 Å². The summed E-state index contributed by atoms with van der Waals surface area (Å²) in [5.74, 6) is -0.753. The van der Waals surface area contributed by atoms with Crippen LogP contribution in [0.15, 0.2) is 0 Å². The first-order chi connectivity index (χ1) is 6.47. The minimum Gasteiger partial charge on any atom is -0.469 e. The molecule has 0 fully saturated rings. The summed E-state index contributed by atoms with van der Waals surface area (Å²) in [7, 11) is 1.22. The first kappa shape index (κ1) is 12.5. The maximum Gasteiger partial charge on any atom is 0.305 e. The van der Waals surface area contributed by atoms with Crippen molar-refractivity contribution in [2.45, 2.75) is 32.2 Å². The molecule has 0 radical (unpaired) electrons. The number of carbonyl (C=O) groups excluding carboxylic acids is 2. The summed E-state index contributed by atoms with van der Waals surface area (Å²) >= 11 is 0. The predicted octanol–water partition coefficient (Wildman–Crippen LogP) is 0.564. The Morgan fingerprint density at radius 1 is 1.50 bits per heavy atom. The average molecular weight is 203 g/mol. The molecule has 1 unspecified atom stereocenters. The van der Waals surface area contributed by atoms with E-state index in [1.165, 1.54) is 14.0 Å². The first-order valence-electron chi connectivity index (χ1n) is 4.17. The zero-order chi connectivity index (χ0) is 11.1. The minimum atomic E-state index is -0.980. The third-order valence-electron chi connectivity index (χ3n) is 1.73. The van der Waals surface area contributed by atoms with E-state index >= 15 is 0 Å². The number of carbonyl (C=O) groups is 2. The molecule has 0 spiro atoms. The molecule has 0 aliphatic heterocycles. The van der Waals surface area contributed by atoms with Gasteiger partial charge in [-0.25, -0.2) is 0 Å². The Morgan fingerprint density at radius 2 is 2.07 bits per heavy atom. The molecule has 14 heavy (non-hydrogen) atoms. The molecule has 0 bridgehead atoms. The fourth-order valence-corrected chi connectivity index (χ4v) is 1.00. The van der Waals surface area contributed by atoms with Crippen LogP contribution in [0.2, 0.25) is 0 Å². The number of ether oxygens (including phenoxy) is 1. The normalized spacial score (nSPS) is 11.9. The zero-order valence-corrected chi connectivity index (χ0v) is 8.19. The lowest BCUT2D eigenvalue weighted by molar-refractivity contribution is -0.522. The minimum absolute atomic E-state index is 0.0323. The molecule has 6 heteroatoms. The molecule has 0 aliphatic rings. The van der Waals surface area contributed by atoms with E-state index in [4.69, 9.17) is 0 Å². The van der Waals surface area contributed by atoms with Crippen molar-refractivity contribution in [3.63, 3.8) is 0 Å². The van der Waals surface area contributed by atoms with Crippen molar-refractivity contribution >= 4 is 11.8 Å². The molecule has 0 saturated heterocycles. The van der Waals surface area contributed by atoms with Crippen molar-refractivity contribution in [3.8, 4) is 0 Å². The van der Waals surface area contributed by atoms with Gasteiger partial charge in [0.1, 0.15) is 5.78 Å². The Morgan fingerprint density at radius 3 is 2.43 bits per heavy atom. The lowest BCUT2D eigenvalue weighted by atomic mass is 10.1. The van der Waals surface area contributed by atoms with E-state index in [0.717, 1.165) is 0 Å². The van der Waals surface area contributed by atoms with Gasteiger partial charge in [0.25, 0.3) is 0 Å². The second kappa shape index (κ2) is 6.06. The van der Waals surface area contributed by atoms with E-state index in [-0.39, 0.29) is 25.0 Å². The van der Waals surface area contributed by atoms with Crippen LogP contribution in [-0.4, -0.2) is 29.8 Å². The summed E-state index contributed by atoms with van der Waals surface area (Å²) in [6.45, 7) is 1.29. The van der Waals surface area contributed by atoms with Crippen LogP contribution in [0.5, 0.6) is 0 Å². The number of esters is 1. The number of hydrogen-bond acceptors (Lipinski definition) is 5. The van der Waals surface area contributed by atoms with Crippen molar-refractivity contribution in [2.75, 3.05) is 7.11 Å². The molecule has 0 aromatic rings. The van der Waals surface area contributed by atoms with Crippen LogP contribution in [0.4, 0.5) is 0 Å². The third kappa shape index (κ3) is 5.23. The van der Waals surface area contributed by atoms with E-state index in [2.05, 4.69) is 4.74 Å². The standard InChI is InChI=1S/C8H13NO5/c1-6(10)5-7(9(12)13)3-4-8(11)14-2/h7H,3-5H2,1-2H3. The van der Waals surface area contributed by atoms with Crippen LogP contribution >= 0.6 is 0 Å². The molecule has 0 rings (SSSR count). The van der Waals surface area contributed by atoms with E-state index in [1.54, 1.807) is 0 Å². The van der Waals surface area contributed by atoms with Gasteiger partial charge in [-0.3, -0.25) is 19.7 Å². The molecule has 0 heterocycles. The van der Waals surface area contributed by atoms with Crippen molar-refractivity contribution in [3.05, 3.63) is 10.1 Å². The van der Waals surface area contributed by atoms with Crippen LogP contribution in [-0.2, 0) is 14.3 Å². The number of ketones is 1. The van der Waals surface area contributed by atoms with E-state index in [0.29, 0.717) is 0 Å². The van der Waals surface area contributed by atoms with Crippen molar-refractivity contribution in [1.29, 1.82) is 0 Å². The highest BCUT2D eigenvalue weighted by Gasteiger charge is 2.23. The molecule has 0 aromatic heterocycles. The number of nitro groups is 1. The maximum atomic E-state index is 10.7. The second-order valence-corrected chi connectivity index (χ2v) is 2.96. The highest BCUT2D eigenvalue weighted by molar-refractivity contribution is 5.76. The van der Waals surface area contributed by atoms with Gasteiger partial charge < -0.3 is 4.74 Å². The van der Waals surface area contributed by atoms with Crippen LogP contribution in [0.3, 0.4) is 0 Å². The van der Waals surface area contributed by atoms with Crippen molar-refractivity contribution < 1.29 is 19.2 Å². The molecular weight excluding hydrogens is 190 g/mol. The fourth-order valence-electron chi connectivity index (χ4n) is 1.00. The molecule has 0 N–H and O–H groups in total. The Labute approximate surface area is 81.4 Å². The topological polar surface area (TPSA) is 86.5 Å². The zero-order valence-electron chi connectivity index (χ0n) is 8.19. The second-order valence-electron chi connectivity index (χ2n) is 2.96. The van der Waals surface area contributed by atoms with Gasteiger partial charge in [-0.2, -0.15) is 0 Å². The van der Waals surface area contributed by atoms with Crippen molar-refractivity contribution in [2.24, 2.45) is 0 Å². The largest absolute Gasteiger partial charge is 0.469 e. The van der Waals surface area contributed by atoms with Crippen LogP contribution in [0.25, 0.3) is 0 Å². The number of nitrogens with zero attached hydrogens (tertiary/aromatic N) is 1. The summed E-state index contributed by atoms with van der Waals surface area (Å²) < 4.78 is 4.34. The molecule has 80 valence electrons. The van der Waals surface area contributed by atoms with Gasteiger partial charge in [-0.05, 0) is 6.92 Å². The smallest absolute Gasteiger partial charge is 0.305 e. The first-order valence-corrected chi connectivity index (χ1v) is 4.17. The van der Waals surface area contributed by atoms with E-state index in [1.807, 2.05) is 0 Å². The average Bonchev–Trinajstić information content (AvgIpc) is 2.10. The molecule has 0 aliphatic carbocycles. The molecule has 0 aromatic carbocycles. The van der Waals surface area contributed by atoms with E-state index in [9.17, 15) is 19.7 Å². The van der Waals surface area contributed by atoms with Crippen LogP contribution < -0.4 is 0 Å². The lowest BCUT2D eigenvalue weighted by Gasteiger charge is -2.06. The summed E-state index contributed by atoms with van der Waals surface area (Å²) in [6.07, 6.45) is -0.126. The Kier molecular flexibility index (Phi) is 5.43. The van der Waals surface area contributed by atoms with E-state index < -0.39 is 16.9 Å². The lowest BCUT2D eigenvalue weighted by Crippen LogP contribution is -2.23. The fraction of sp³-hybridized carbons (Fsp3) is 0.750. The summed E-state index contributed by atoms with van der Waals surface area (Å²) in [5, 5.41) is 10.4. The summed E-state index contributed by atoms with van der Waals surface area (Å²) in [6, 6.07) is -0.980. The number of Topliss-reactive ketones (excluding diaryl/α,β-unsaturated/α-hetero) is 1. The van der Waals surface area contributed by atoms with Gasteiger partial charge in [0.05, 0.1) is 20.0 Å². The van der Waals surface area contributed by atoms with Crippen LogP contribution in [0.1, 0.15) is 26.2 Å². The molecule has 1 atom stereocenters. The number of methoxy groups -OCH3 is 1. The maximum absolute atomic E-state index is 10.7. The van der Waals surface area contributed by atoms with Gasteiger partial charge in [-0.15, -0.1) is 0 Å². The predicted molar refractivity (Wildman–Crippen MR) is 47.3 cm³/mol. The highest BCUT2D eigenvalue weighted by atomic mass is 16.6. The Hall–Kier alpha value is -1.46. The van der Waals surface area contributed by atoms with Gasteiger partial charge in [0, 0.05) is 11.3 Å². The number of hydrogen-bond donors (Lipinski definition) is 0. The quantitative estimate of drug-likeness (QED) is 0.357. The third-order valence-corrected chi connectivity index (χ3v) is 1.73.